The molecule has 0 radical (unpaired) electrons. The van der Waals surface area contributed by atoms with Crippen molar-refractivity contribution in [2.24, 2.45) is 0 Å². The van der Waals surface area contributed by atoms with Gasteiger partial charge in [-0.05, 0) is 26.6 Å². The Balaban J connectivity index is 0. The molecule has 0 aliphatic heterocycles. The van der Waals surface area contributed by atoms with Crippen LogP contribution >= 0.6 is 0 Å². The first-order valence-electron chi connectivity index (χ1n) is 5.17. The van der Waals surface area contributed by atoms with Gasteiger partial charge in [-0.1, -0.05) is 27.4 Å². The fraction of sp³-hybridized carbons (Fsp3) is 0.727. The number of hydrogen-bond donors (Lipinski definition) is 0. The minimum atomic E-state index is -0.359. The third-order valence-corrected chi connectivity index (χ3v) is 1.79. The number of carbonyl (C=O) groups is 1. The second-order valence-electron chi connectivity index (χ2n) is 2.58. The number of hydrogen-bond acceptors (Lipinski definition) is 3. The molecule has 0 aromatic rings. The zero-order valence-electron chi connectivity index (χ0n) is 9.88. The topological polar surface area (TPSA) is 29.5 Å². The molecule has 0 amide bonds. The molecule has 0 aliphatic rings. The van der Waals surface area contributed by atoms with E-state index in [2.05, 4.69) is 37.0 Å². The molecule has 0 N–H and O–H groups in total. The molecule has 84 valence electrons. The van der Waals surface area contributed by atoms with E-state index in [0.717, 1.165) is 6.08 Å². The van der Waals surface area contributed by atoms with E-state index in [1.165, 1.54) is 19.6 Å². The molecule has 0 heterocycles. The van der Waals surface area contributed by atoms with Crippen LogP contribution in [0.2, 0.25) is 0 Å². The van der Waals surface area contributed by atoms with Gasteiger partial charge in [-0.2, -0.15) is 0 Å². The molecule has 0 aromatic heterocycles. The number of esters is 1. The smallest absolute Gasteiger partial charge is 0.330 e. The van der Waals surface area contributed by atoms with Gasteiger partial charge < -0.3 is 9.64 Å². The molecular formula is C11H23NO2. The first-order chi connectivity index (χ1) is 6.65. The Morgan fingerprint density at radius 3 is 1.71 bits per heavy atom. The molecule has 0 fully saturated rings. The maximum absolute atomic E-state index is 10.1. The Hall–Kier alpha value is -0.830. The molecule has 0 unspecified atom stereocenters. The molecule has 0 aromatic carbocycles. The van der Waals surface area contributed by atoms with Crippen molar-refractivity contribution in [2.45, 2.75) is 27.7 Å². The molecule has 0 rings (SSSR count). The number of carbonyl (C=O) groups excluding carboxylic acids is 1. The van der Waals surface area contributed by atoms with Gasteiger partial charge in [0.25, 0.3) is 0 Å². The fourth-order valence-electron chi connectivity index (χ4n) is 0.872. The highest BCUT2D eigenvalue weighted by Crippen LogP contribution is 1.81. The second-order valence-corrected chi connectivity index (χ2v) is 2.58. The Labute approximate surface area is 87.7 Å². The summed E-state index contributed by atoms with van der Waals surface area (Å²) in [5.41, 5.74) is 0. The summed E-state index contributed by atoms with van der Waals surface area (Å²) >= 11 is 0. The van der Waals surface area contributed by atoms with E-state index in [4.69, 9.17) is 0 Å². The van der Waals surface area contributed by atoms with Crippen LogP contribution in [0.25, 0.3) is 0 Å². The summed E-state index contributed by atoms with van der Waals surface area (Å²) in [6.07, 6.45) is 1.14. The van der Waals surface area contributed by atoms with Gasteiger partial charge in [0.2, 0.25) is 0 Å². The summed E-state index contributed by atoms with van der Waals surface area (Å²) in [6, 6.07) is 0. The zero-order chi connectivity index (χ0) is 11.4. The van der Waals surface area contributed by atoms with Gasteiger partial charge in [0, 0.05) is 6.08 Å². The lowest BCUT2D eigenvalue weighted by atomic mass is 10.5. The van der Waals surface area contributed by atoms with E-state index in [1.807, 2.05) is 0 Å². The molecule has 3 nitrogen and oxygen atoms in total. The molecule has 0 saturated carbocycles. The lowest BCUT2D eigenvalue weighted by Gasteiger charge is -2.13. The Morgan fingerprint density at radius 2 is 1.64 bits per heavy atom. The summed E-state index contributed by atoms with van der Waals surface area (Å²) in [5.74, 6) is -0.359. The monoisotopic (exact) mass is 201 g/mol. The number of rotatable bonds is 5. The maximum Gasteiger partial charge on any atom is 0.330 e. The van der Waals surface area contributed by atoms with Crippen LogP contribution in [0, 0.1) is 0 Å². The van der Waals surface area contributed by atoms with Crippen molar-refractivity contribution < 1.29 is 9.53 Å². The van der Waals surface area contributed by atoms with Crippen molar-refractivity contribution in [3.8, 4) is 0 Å². The van der Waals surface area contributed by atoms with Crippen LogP contribution in [-0.2, 0) is 9.53 Å². The molecular weight excluding hydrogens is 178 g/mol. The molecule has 0 atom stereocenters. The van der Waals surface area contributed by atoms with Gasteiger partial charge in [0.1, 0.15) is 0 Å². The van der Waals surface area contributed by atoms with Crippen LogP contribution in [0.1, 0.15) is 27.7 Å². The Morgan fingerprint density at radius 1 is 1.21 bits per heavy atom. The molecule has 14 heavy (non-hydrogen) atoms. The lowest BCUT2D eigenvalue weighted by molar-refractivity contribution is -0.137. The van der Waals surface area contributed by atoms with Crippen molar-refractivity contribution in [3.05, 3.63) is 12.7 Å². The van der Waals surface area contributed by atoms with Crippen LogP contribution < -0.4 is 0 Å². The van der Waals surface area contributed by atoms with Crippen molar-refractivity contribution in [2.75, 3.05) is 26.2 Å². The van der Waals surface area contributed by atoms with Gasteiger partial charge in [-0.25, -0.2) is 4.79 Å². The Bertz CT molecular complexity index is 137. The highest BCUT2D eigenvalue weighted by molar-refractivity contribution is 5.81. The zero-order valence-corrected chi connectivity index (χ0v) is 9.88. The van der Waals surface area contributed by atoms with E-state index in [0.29, 0.717) is 6.61 Å². The van der Waals surface area contributed by atoms with Gasteiger partial charge in [0.05, 0.1) is 6.61 Å². The normalized spacial score (nSPS) is 8.93. The summed E-state index contributed by atoms with van der Waals surface area (Å²) in [7, 11) is 0. The first-order valence-corrected chi connectivity index (χ1v) is 5.17. The minimum Gasteiger partial charge on any atom is -0.463 e. The predicted octanol–water partition coefficient (Wildman–Crippen LogP) is 2.08. The van der Waals surface area contributed by atoms with Gasteiger partial charge in [-0.3, -0.25) is 0 Å². The van der Waals surface area contributed by atoms with E-state index in [-0.39, 0.29) is 5.97 Å². The number of nitrogens with zero attached hydrogens (tertiary/aromatic N) is 1. The lowest BCUT2D eigenvalue weighted by Crippen LogP contribution is -2.21. The largest absolute Gasteiger partial charge is 0.463 e. The van der Waals surface area contributed by atoms with Gasteiger partial charge >= 0.3 is 5.97 Å². The highest BCUT2D eigenvalue weighted by atomic mass is 16.5. The molecule has 0 spiro atoms. The SMILES string of the molecule is C=CC(=O)OCC.CCN(CC)CC. The van der Waals surface area contributed by atoms with E-state index in [1.54, 1.807) is 6.92 Å². The van der Waals surface area contributed by atoms with Crippen LogP contribution in [0.3, 0.4) is 0 Å². The third-order valence-electron chi connectivity index (χ3n) is 1.79. The average Bonchev–Trinajstić information content (AvgIpc) is 2.22. The quantitative estimate of drug-likeness (QED) is 0.504. The molecule has 0 bridgehead atoms. The molecule has 3 heteroatoms. The van der Waals surface area contributed by atoms with Crippen LogP contribution in [-0.4, -0.2) is 37.1 Å². The van der Waals surface area contributed by atoms with Crippen LogP contribution in [0.15, 0.2) is 12.7 Å². The average molecular weight is 201 g/mol. The van der Waals surface area contributed by atoms with E-state index >= 15 is 0 Å². The van der Waals surface area contributed by atoms with Crippen molar-refractivity contribution >= 4 is 5.97 Å². The van der Waals surface area contributed by atoms with E-state index < -0.39 is 0 Å². The molecule has 0 saturated heterocycles. The second kappa shape index (κ2) is 12.2. The Kier molecular flexibility index (Phi) is 13.6. The van der Waals surface area contributed by atoms with Crippen molar-refractivity contribution in [1.29, 1.82) is 0 Å². The third kappa shape index (κ3) is 11.2. The fourth-order valence-corrected chi connectivity index (χ4v) is 0.872. The van der Waals surface area contributed by atoms with Crippen LogP contribution in [0.5, 0.6) is 0 Å². The predicted molar refractivity (Wildman–Crippen MR) is 60.3 cm³/mol. The van der Waals surface area contributed by atoms with E-state index in [9.17, 15) is 4.79 Å². The molecule has 0 aliphatic carbocycles. The highest BCUT2D eigenvalue weighted by Gasteiger charge is 1.89. The summed E-state index contributed by atoms with van der Waals surface area (Å²) in [6.45, 7) is 15.5. The van der Waals surface area contributed by atoms with Crippen molar-refractivity contribution in [1.82, 2.24) is 4.90 Å². The van der Waals surface area contributed by atoms with Gasteiger partial charge in [0.15, 0.2) is 0 Å². The summed E-state index contributed by atoms with van der Waals surface area (Å²) < 4.78 is 4.43. The summed E-state index contributed by atoms with van der Waals surface area (Å²) in [5, 5.41) is 0. The maximum atomic E-state index is 10.1. The first kappa shape index (κ1) is 15.6. The summed E-state index contributed by atoms with van der Waals surface area (Å²) in [4.78, 5) is 12.4. The standard InChI is InChI=1S/C6H15N.C5H8O2/c1-4-7(5-2)6-3;1-3-5(6)7-4-2/h4-6H2,1-3H3;3H,1,4H2,2H3. The van der Waals surface area contributed by atoms with Crippen molar-refractivity contribution in [3.63, 3.8) is 0 Å². The number of ether oxygens (including phenoxy) is 1. The minimum absolute atomic E-state index is 0.359. The van der Waals surface area contributed by atoms with Crippen LogP contribution in [0.4, 0.5) is 0 Å². The van der Waals surface area contributed by atoms with Gasteiger partial charge in [-0.15, -0.1) is 0 Å².